The van der Waals surface area contributed by atoms with Crippen molar-refractivity contribution < 1.29 is 4.79 Å². The number of benzene rings is 2. The SMILES string of the molecule is CN1CCN(c2cccc3c2ncn3C(=O)NCC#Cc2ccccc2)CC1. The van der Waals surface area contributed by atoms with Crippen molar-refractivity contribution >= 4 is 22.8 Å². The van der Waals surface area contributed by atoms with Crippen molar-refractivity contribution in [3.63, 3.8) is 0 Å². The molecule has 28 heavy (non-hydrogen) atoms. The molecule has 6 heteroatoms. The van der Waals surface area contributed by atoms with E-state index in [9.17, 15) is 4.79 Å². The van der Waals surface area contributed by atoms with Gasteiger partial charge in [-0.25, -0.2) is 9.78 Å². The van der Waals surface area contributed by atoms with Crippen molar-refractivity contribution in [2.75, 3.05) is 44.7 Å². The van der Waals surface area contributed by atoms with Crippen molar-refractivity contribution in [1.82, 2.24) is 19.8 Å². The quantitative estimate of drug-likeness (QED) is 0.701. The molecule has 2 aromatic carbocycles. The van der Waals surface area contributed by atoms with Gasteiger partial charge in [-0.3, -0.25) is 4.57 Å². The van der Waals surface area contributed by atoms with E-state index in [1.807, 2.05) is 42.5 Å². The Morgan fingerprint density at radius 1 is 1.07 bits per heavy atom. The lowest BCUT2D eigenvalue weighted by molar-refractivity contribution is 0.244. The number of imidazole rings is 1. The maximum atomic E-state index is 12.6. The molecule has 0 saturated carbocycles. The minimum Gasteiger partial charge on any atom is -0.367 e. The predicted octanol–water partition coefficient (Wildman–Crippen LogP) is 2.40. The van der Waals surface area contributed by atoms with E-state index in [-0.39, 0.29) is 12.6 Å². The summed E-state index contributed by atoms with van der Waals surface area (Å²) in [6, 6.07) is 15.5. The molecule has 2 heterocycles. The molecule has 4 rings (SSSR count). The van der Waals surface area contributed by atoms with Crippen LogP contribution >= 0.6 is 0 Å². The zero-order valence-corrected chi connectivity index (χ0v) is 15.9. The first kappa shape index (κ1) is 18.1. The number of hydrogen-bond acceptors (Lipinski definition) is 4. The Labute approximate surface area is 164 Å². The van der Waals surface area contributed by atoms with Gasteiger partial charge in [-0.1, -0.05) is 36.1 Å². The third kappa shape index (κ3) is 3.85. The number of piperazine rings is 1. The fourth-order valence-corrected chi connectivity index (χ4v) is 3.36. The van der Waals surface area contributed by atoms with Crippen molar-refractivity contribution in [2.24, 2.45) is 0 Å². The van der Waals surface area contributed by atoms with Crippen LogP contribution in [-0.4, -0.2) is 60.3 Å². The van der Waals surface area contributed by atoms with Crippen LogP contribution in [0.4, 0.5) is 10.5 Å². The second kappa shape index (κ2) is 8.15. The van der Waals surface area contributed by atoms with Gasteiger partial charge in [-0.2, -0.15) is 0 Å². The Hall–Kier alpha value is -3.30. The predicted molar refractivity (Wildman–Crippen MR) is 112 cm³/mol. The number of likely N-dealkylation sites (N-methyl/N-ethyl adjacent to an activating group) is 1. The Kier molecular flexibility index (Phi) is 5.27. The molecule has 0 atom stereocenters. The topological polar surface area (TPSA) is 53.4 Å². The number of amides is 1. The first-order chi connectivity index (χ1) is 13.7. The number of nitrogens with one attached hydrogen (secondary N) is 1. The van der Waals surface area contributed by atoms with Gasteiger partial charge in [0.1, 0.15) is 11.8 Å². The summed E-state index contributed by atoms with van der Waals surface area (Å²) in [7, 11) is 2.14. The summed E-state index contributed by atoms with van der Waals surface area (Å²) in [4.78, 5) is 21.8. The van der Waals surface area contributed by atoms with E-state index in [0.29, 0.717) is 0 Å². The molecule has 3 aromatic rings. The van der Waals surface area contributed by atoms with Gasteiger partial charge in [0.25, 0.3) is 0 Å². The van der Waals surface area contributed by atoms with Crippen LogP contribution in [0.2, 0.25) is 0 Å². The second-order valence-corrected chi connectivity index (χ2v) is 6.88. The Balaban J connectivity index is 1.48. The molecule has 0 aliphatic carbocycles. The highest BCUT2D eigenvalue weighted by atomic mass is 16.2. The van der Waals surface area contributed by atoms with E-state index in [0.717, 1.165) is 48.5 Å². The number of anilines is 1. The molecule has 1 aromatic heterocycles. The van der Waals surface area contributed by atoms with Crippen LogP contribution in [0.1, 0.15) is 5.56 Å². The van der Waals surface area contributed by atoms with Crippen LogP contribution < -0.4 is 10.2 Å². The fraction of sp³-hybridized carbons (Fsp3) is 0.273. The van der Waals surface area contributed by atoms with Gasteiger partial charge < -0.3 is 15.1 Å². The van der Waals surface area contributed by atoms with E-state index >= 15 is 0 Å². The lowest BCUT2D eigenvalue weighted by Gasteiger charge is -2.34. The number of rotatable bonds is 2. The molecule has 1 fully saturated rings. The second-order valence-electron chi connectivity index (χ2n) is 6.88. The molecule has 1 aliphatic rings. The minimum absolute atomic E-state index is 0.222. The first-order valence-electron chi connectivity index (χ1n) is 9.44. The van der Waals surface area contributed by atoms with Crippen molar-refractivity contribution in [1.29, 1.82) is 0 Å². The van der Waals surface area contributed by atoms with Crippen LogP contribution in [0, 0.1) is 11.8 Å². The molecular formula is C22H23N5O. The van der Waals surface area contributed by atoms with Crippen LogP contribution in [0.5, 0.6) is 0 Å². The number of fused-ring (bicyclic) bond motifs is 1. The van der Waals surface area contributed by atoms with E-state index < -0.39 is 0 Å². The number of aromatic nitrogens is 2. The molecular weight excluding hydrogens is 350 g/mol. The monoisotopic (exact) mass is 373 g/mol. The summed E-state index contributed by atoms with van der Waals surface area (Å²) in [5, 5.41) is 2.84. The average molecular weight is 373 g/mol. The van der Waals surface area contributed by atoms with E-state index in [1.54, 1.807) is 10.9 Å². The summed E-state index contributed by atoms with van der Waals surface area (Å²) < 4.78 is 1.55. The zero-order valence-electron chi connectivity index (χ0n) is 15.9. The fourth-order valence-electron chi connectivity index (χ4n) is 3.36. The summed E-state index contributed by atoms with van der Waals surface area (Å²) in [5.41, 5.74) is 3.69. The average Bonchev–Trinajstić information content (AvgIpc) is 3.17. The highest BCUT2D eigenvalue weighted by Crippen LogP contribution is 2.26. The maximum absolute atomic E-state index is 12.6. The molecule has 0 radical (unpaired) electrons. The van der Waals surface area contributed by atoms with E-state index in [4.69, 9.17) is 0 Å². The number of nitrogens with zero attached hydrogens (tertiary/aromatic N) is 4. The lowest BCUT2D eigenvalue weighted by atomic mass is 10.2. The molecule has 1 aliphatic heterocycles. The normalized spacial score (nSPS) is 14.5. The van der Waals surface area contributed by atoms with Crippen molar-refractivity contribution in [3.05, 3.63) is 60.4 Å². The molecule has 0 unspecified atom stereocenters. The summed E-state index contributed by atoms with van der Waals surface area (Å²) in [6.45, 7) is 4.26. The van der Waals surface area contributed by atoms with Crippen LogP contribution in [0.15, 0.2) is 54.9 Å². The molecule has 6 nitrogen and oxygen atoms in total. The third-order valence-corrected chi connectivity index (χ3v) is 4.95. The lowest BCUT2D eigenvalue weighted by Crippen LogP contribution is -2.44. The maximum Gasteiger partial charge on any atom is 0.328 e. The van der Waals surface area contributed by atoms with Gasteiger partial charge in [0.05, 0.1) is 17.7 Å². The van der Waals surface area contributed by atoms with E-state index in [2.05, 4.69) is 45.1 Å². The standard InChI is InChI=1S/C22H23N5O/c1-25-13-15-26(16-14-25)19-10-5-11-20-21(19)24-17-27(20)22(28)23-12-6-9-18-7-3-2-4-8-18/h2-5,7-8,10-11,17H,12-16H2,1H3,(H,23,28). The van der Waals surface area contributed by atoms with Crippen LogP contribution in [0.3, 0.4) is 0 Å². The molecule has 142 valence electrons. The summed E-state index contributed by atoms with van der Waals surface area (Å²) in [5.74, 6) is 6.02. The van der Waals surface area contributed by atoms with Crippen LogP contribution in [0.25, 0.3) is 11.0 Å². The van der Waals surface area contributed by atoms with Gasteiger partial charge >= 0.3 is 6.03 Å². The Morgan fingerprint density at radius 2 is 1.86 bits per heavy atom. The Morgan fingerprint density at radius 3 is 2.64 bits per heavy atom. The van der Waals surface area contributed by atoms with Crippen molar-refractivity contribution in [3.8, 4) is 11.8 Å². The van der Waals surface area contributed by atoms with Gasteiger partial charge in [-0.15, -0.1) is 0 Å². The summed E-state index contributed by atoms with van der Waals surface area (Å²) >= 11 is 0. The zero-order chi connectivity index (χ0) is 19.3. The third-order valence-electron chi connectivity index (χ3n) is 4.95. The number of carbonyl (C=O) groups excluding carboxylic acids is 1. The smallest absolute Gasteiger partial charge is 0.328 e. The van der Waals surface area contributed by atoms with Gasteiger partial charge in [0, 0.05) is 31.7 Å². The molecule has 1 amide bonds. The first-order valence-corrected chi connectivity index (χ1v) is 9.44. The van der Waals surface area contributed by atoms with Gasteiger partial charge in [0.15, 0.2) is 0 Å². The van der Waals surface area contributed by atoms with Gasteiger partial charge in [0.2, 0.25) is 0 Å². The van der Waals surface area contributed by atoms with Gasteiger partial charge in [-0.05, 0) is 31.3 Å². The number of carbonyl (C=O) groups is 1. The number of para-hydroxylation sites is 1. The van der Waals surface area contributed by atoms with E-state index in [1.165, 1.54) is 0 Å². The Bertz CT molecular complexity index is 1020. The highest BCUT2D eigenvalue weighted by Gasteiger charge is 2.19. The molecule has 0 bridgehead atoms. The molecule has 1 N–H and O–H groups in total. The van der Waals surface area contributed by atoms with Crippen LogP contribution in [-0.2, 0) is 0 Å². The molecule has 0 spiro atoms. The highest BCUT2D eigenvalue weighted by molar-refractivity contribution is 5.95. The largest absolute Gasteiger partial charge is 0.367 e. The van der Waals surface area contributed by atoms with Crippen molar-refractivity contribution in [2.45, 2.75) is 0 Å². The summed E-state index contributed by atoms with van der Waals surface area (Å²) in [6.07, 6.45) is 1.59. The number of hydrogen-bond donors (Lipinski definition) is 1. The molecule has 1 saturated heterocycles. The minimum atomic E-state index is -0.222.